The van der Waals surface area contributed by atoms with Crippen LogP contribution >= 0.6 is 0 Å². The fourth-order valence-electron chi connectivity index (χ4n) is 2.58. The second kappa shape index (κ2) is 2.86. The van der Waals surface area contributed by atoms with E-state index in [-0.39, 0.29) is 5.54 Å². The van der Waals surface area contributed by atoms with Gasteiger partial charge in [0.1, 0.15) is 0 Å². The van der Waals surface area contributed by atoms with Gasteiger partial charge in [-0.1, -0.05) is 18.2 Å². The van der Waals surface area contributed by atoms with Crippen molar-refractivity contribution in [2.45, 2.75) is 24.8 Å². The first kappa shape index (κ1) is 8.98. The smallest absolute Gasteiger partial charge is 0.0528 e. The van der Waals surface area contributed by atoms with Crippen LogP contribution in [-0.2, 0) is 12.6 Å². The Morgan fingerprint density at radius 2 is 2.07 bits per heavy atom. The van der Waals surface area contributed by atoms with Gasteiger partial charge in [-0.2, -0.15) is 0 Å². The van der Waals surface area contributed by atoms with E-state index in [0.29, 0.717) is 0 Å². The largest absolute Gasteiger partial charge is 0.350 e. The molecule has 2 aromatic rings. The summed E-state index contributed by atoms with van der Waals surface area (Å²) >= 11 is 0. The monoisotopic (exact) mass is 200 g/mol. The number of hydrogen-bond acceptors (Lipinski definition) is 1. The lowest BCUT2D eigenvalue weighted by atomic mass is 9.72. The molecular formula is C13H16N2. The van der Waals surface area contributed by atoms with Crippen LogP contribution in [0.25, 0.3) is 10.9 Å². The van der Waals surface area contributed by atoms with Gasteiger partial charge in [0.25, 0.3) is 0 Å². The third-order valence-electron chi connectivity index (χ3n) is 3.68. The molecule has 3 rings (SSSR count). The Balaban J connectivity index is 2.29. The number of nitrogens with zero attached hydrogens (tertiary/aromatic N) is 1. The molecule has 2 nitrogen and oxygen atoms in total. The van der Waals surface area contributed by atoms with Gasteiger partial charge in [0.15, 0.2) is 0 Å². The zero-order chi connectivity index (χ0) is 10.5. The second-order valence-corrected chi connectivity index (χ2v) is 4.68. The number of rotatable bonds is 1. The number of aryl methyl sites for hydroxylation is 1. The molecule has 0 bridgehead atoms. The van der Waals surface area contributed by atoms with Crippen molar-refractivity contribution in [1.29, 1.82) is 0 Å². The third-order valence-corrected chi connectivity index (χ3v) is 3.68. The van der Waals surface area contributed by atoms with E-state index in [9.17, 15) is 0 Å². The number of aromatic nitrogens is 1. The van der Waals surface area contributed by atoms with Gasteiger partial charge in [-0.3, -0.25) is 0 Å². The van der Waals surface area contributed by atoms with Crippen LogP contribution in [0.3, 0.4) is 0 Å². The minimum absolute atomic E-state index is 0.0639. The molecule has 2 N–H and O–H groups in total. The fraction of sp³-hybridized carbons (Fsp3) is 0.385. The highest BCUT2D eigenvalue weighted by Gasteiger charge is 2.35. The van der Waals surface area contributed by atoms with E-state index < -0.39 is 0 Å². The van der Waals surface area contributed by atoms with Gasteiger partial charge >= 0.3 is 0 Å². The molecule has 0 spiro atoms. The highest BCUT2D eigenvalue weighted by Crippen LogP contribution is 2.41. The van der Waals surface area contributed by atoms with Crippen molar-refractivity contribution in [3.05, 3.63) is 36.0 Å². The summed E-state index contributed by atoms with van der Waals surface area (Å²) in [7, 11) is 2.09. The number of benzene rings is 1. The van der Waals surface area contributed by atoms with Crippen LogP contribution < -0.4 is 5.73 Å². The van der Waals surface area contributed by atoms with Crippen LogP contribution in [0.15, 0.2) is 30.5 Å². The Bertz CT molecular complexity index is 506. The first-order valence-corrected chi connectivity index (χ1v) is 5.54. The topological polar surface area (TPSA) is 30.9 Å². The molecule has 0 atom stereocenters. The minimum atomic E-state index is -0.0639. The minimum Gasteiger partial charge on any atom is -0.350 e. The zero-order valence-corrected chi connectivity index (χ0v) is 9.03. The first-order chi connectivity index (χ1) is 7.21. The number of hydrogen-bond donors (Lipinski definition) is 1. The summed E-state index contributed by atoms with van der Waals surface area (Å²) < 4.78 is 2.18. The summed E-state index contributed by atoms with van der Waals surface area (Å²) in [5, 5.41) is 1.30. The lowest BCUT2D eigenvalue weighted by Gasteiger charge is -2.39. The van der Waals surface area contributed by atoms with Crippen LogP contribution in [0.2, 0.25) is 0 Å². The van der Waals surface area contributed by atoms with E-state index in [4.69, 9.17) is 5.73 Å². The SMILES string of the molecule is Cn1ccc2cccc(C3(N)CCC3)c21. The molecule has 78 valence electrons. The summed E-state index contributed by atoms with van der Waals surface area (Å²) in [4.78, 5) is 0. The van der Waals surface area contributed by atoms with E-state index in [2.05, 4.69) is 42.1 Å². The highest BCUT2D eigenvalue weighted by atomic mass is 14.9. The van der Waals surface area contributed by atoms with Gasteiger partial charge in [0.2, 0.25) is 0 Å². The van der Waals surface area contributed by atoms with Crippen LogP contribution in [0, 0.1) is 0 Å². The van der Waals surface area contributed by atoms with Gasteiger partial charge < -0.3 is 10.3 Å². The number of fused-ring (bicyclic) bond motifs is 1. The zero-order valence-electron chi connectivity index (χ0n) is 9.03. The Morgan fingerprint density at radius 3 is 2.73 bits per heavy atom. The quantitative estimate of drug-likeness (QED) is 0.753. The fourth-order valence-corrected chi connectivity index (χ4v) is 2.58. The van der Waals surface area contributed by atoms with Gasteiger partial charge in [0, 0.05) is 18.8 Å². The van der Waals surface area contributed by atoms with E-state index in [1.807, 2.05) is 0 Å². The lowest BCUT2D eigenvalue weighted by molar-refractivity contribution is 0.255. The molecule has 2 heteroatoms. The van der Waals surface area contributed by atoms with Crippen molar-refractivity contribution >= 4 is 10.9 Å². The van der Waals surface area contributed by atoms with E-state index in [0.717, 1.165) is 12.8 Å². The van der Waals surface area contributed by atoms with Crippen molar-refractivity contribution in [3.63, 3.8) is 0 Å². The predicted molar refractivity (Wildman–Crippen MR) is 62.6 cm³/mol. The van der Waals surface area contributed by atoms with Crippen LogP contribution in [0.4, 0.5) is 0 Å². The van der Waals surface area contributed by atoms with E-state index in [1.54, 1.807) is 0 Å². The van der Waals surface area contributed by atoms with Crippen LogP contribution in [-0.4, -0.2) is 4.57 Å². The number of nitrogens with two attached hydrogens (primary N) is 1. The maximum atomic E-state index is 6.40. The molecule has 1 aromatic heterocycles. The molecule has 0 unspecified atom stereocenters. The van der Waals surface area contributed by atoms with Crippen LogP contribution in [0.1, 0.15) is 24.8 Å². The van der Waals surface area contributed by atoms with Crippen LogP contribution in [0.5, 0.6) is 0 Å². The van der Waals surface area contributed by atoms with E-state index in [1.165, 1.54) is 22.9 Å². The van der Waals surface area contributed by atoms with Gasteiger partial charge in [0.05, 0.1) is 5.52 Å². The van der Waals surface area contributed by atoms with Crippen molar-refractivity contribution < 1.29 is 0 Å². The van der Waals surface area contributed by atoms with Gasteiger partial charge in [-0.25, -0.2) is 0 Å². The van der Waals surface area contributed by atoms with E-state index >= 15 is 0 Å². The first-order valence-electron chi connectivity index (χ1n) is 5.54. The highest BCUT2D eigenvalue weighted by molar-refractivity contribution is 5.84. The molecule has 0 saturated heterocycles. The second-order valence-electron chi connectivity index (χ2n) is 4.68. The van der Waals surface area contributed by atoms with Crippen molar-refractivity contribution in [3.8, 4) is 0 Å². The van der Waals surface area contributed by atoms with Gasteiger partial charge in [-0.15, -0.1) is 0 Å². The molecule has 1 aliphatic carbocycles. The molecule has 0 amide bonds. The average molecular weight is 200 g/mol. The number of para-hydroxylation sites is 1. The summed E-state index contributed by atoms with van der Waals surface area (Å²) in [5.41, 5.74) is 8.96. The van der Waals surface area contributed by atoms with Crippen molar-refractivity contribution in [2.24, 2.45) is 12.8 Å². The summed E-state index contributed by atoms with van der Waals surface area (Å²) in [6, 6.07) is 8.60. The Hall–Kier alpha value is -1.28. The average Bonchev–Trinajstić information content (AvgIpc) is 2.57. The molecule has 1 saturated carbocycles. The molecular weight excluding hydrogens is 184 g/mol. The maximum Gasteiger partial charge on any atom is 0.0528 e. The van der Waals surface area contributed by atoms with Crippen molar-refractivity contribution in [2.75, 3.05) is 0 Å². The Morgan fingerprint density at radius 1 is 1.27 bits per heavy atom. The summed E-state index contributed by atoms with van der Waals surface area (Å²) in [6.07, 6.45) is 5.61. The van der Waals surface area contributed by atoms with Gasteiger partial charge in [-0.05, 0) is 36.3 Å². The molecule has 1 fully saturated rings. The molecule has 1 aliphatic rings. The normalized spacial score (nSPS) is 19.1. The third kappa shape index (κ3) is 1.15. The predicted octanol–water partition coefficient (Wildman–Crippen LogP) is 2.52. The molecule has 1 aromatic carbocycles. The maximum absolute atomic E-state index is 6.40. The molecule has 0 aliphatic heterocycles. The Labute approximate surface area is 89.7 Å². The lowest BCUT2D eigenvalue weighted by Crippen LogP contribution is -2.43. The molecule has 15 heavy (non-hydrogen) atoms. The summed E-state index contributed by atoms with van der Waals surface area (Å²) in [6.45, 7) is 0. The molecule has 0 radical (unpaired) electrons. The Kier molecular flexibility index (Phi) is 1.71. The molecule has 1 heterocycles. The summed E-state index contributed by atoms with van der Waals surface area (Å²) in [5.74, 6) is 0. The van der Waals surface area contributed by atoms with Crippen molar-refractivity contribution in [1.82, 2.24) is 4.57 Å². The standard InChI is InChI=1S/C13H16N2/c1-15-9-6-10-4-2-5-11(12(10)15)13(14)7-3-8-13/h2,4-6,9H,3,7-8,14H2,1H3.